The molecule has 2 aromatic heterocycles. The number of aromatic nitrogens is 2. The maximum atomic E-state index is 5.22. The number of rotatable bonds is 4. The highest BCUT2D eigenvalue weighted by molar-refractivity contribution is 7.11. The number of anilines is 1. The van der Waals surface area contributed by atoms with Crippen LogP contribution in [0, 0.1) is 0 Å². The molecule has 3 rings (SSSR count). The van der Waals surface area contributed by atoms with Crippen molar-refractivity contribution in [1.29, 1.82) is 0 Å². The number of nitrogens with zero attached hydrogens (tertiary/aromatic N) is 3. The summed E-state index contributed by atoms with van der Waals surface area (Å²) in [6.07, 6.45) is 6.54. The van der Waals surface area contributed by atoms with E-state index in [-0.39, 0.29) is 0 Å². The van der Waals surface area contributed by atoms with Crippen LogP contribution in [0.25, 0.3) is 11.3 Å². The number of nitrogens with one attached hydrogen (secondary N) is 1. The number of benzene rings is 1. The van der Waals surface area contributed by atoms with Gasteiger partial charge in [-0.15, -0.1) is 11.3 Å². The molecule has 0 atom stereocenters. The van der Waals surface area contributed by atoms with Gasteiger partial charge in [0.15, 0.2) is 12.2 Å². The maximum Gasteiger partial charge on any atom is 0.181 e. The predicted octanol–water partition coefficient (Wildman–Crippen LogP) is 3.24. The summed E-state index contributed by atoms with van der Waals surface area (Å²) in [5, 5.41) is 6.89. The fraction of sp³-hybridized carbons (Fsp3) is 0. The highest BCUT2D eigenvalue weighted by Gasteiger charge is 2.00. The lowest BCUT2D eigenvalue weighted by Crippen LogP contribution is -1.89. The SMILES string of the molecule is C(=NNc1ccc(-c2cnco2)cc1)c1nccs1. The number of thiazole rings is 1. The Balaban J connectivity index is 1.66. The third-order valence-electron chi connectivity index (χ3n) is 2.42. The van der Waals surface area contributed by atoms with E-state index in [1.165, 1.54) is 17.7 Å². The Morgan fingerprint density at radius 1 is 1.26 bits per heavy atom. The molecule has 2 heterocycles. The number of oxazole rings is 1. The maximum absolute atomic E-state index is 5.22. The lowest BCUT2D eigenvalue weighted by atomic mass is 10.2. The van der Waals surface area contributed by atoms with E-state index in [0.29, 0.717) is 0 Å². The monoisotopic (exact) mass is 270 g/mol. The minimum atomic E-state index is 0.748. The van der Waals surface area contributed by atoms with Crippen LogP contribution in [-0.4, -0.2) is 16.2 Å². The summed E-state index contributed by atoms with van der Waals surface area (Å²) in [7, 11) is 0. The molecule has 94 valence electrons. The van der Waals surface area contributed by atoms with Crippen molar-refractivity contribution in [3.8, 4) is 11.3 Å². The van der Waals surface area contributed by atoms with E-state index in [9.17, 15) is 0 Å². The lowest BCUT2D eigenvalue weighted by Gasteiger charge is -2.00. The zero-order valence-corrected chi connectivity index (χ0v) is 10.7. The summed E-state index contributed by atoms with van der Waals surface area (Å²) in [5.74, 6) is 0.748. The van der Waals surface area contributed by atoms with Gasteiger partial charge in [-0.2, -0.15) is 5.10 Å². The van der Waals surface area contributed by atoms with Crippen LogP contribution in [0.5, 0.6) is 0 Å². The fourth-order valence-corrected chi connectivity index (χ4v) is 2.02. The number of hydrogen-bond donors (Lipinski definition) is 1. The second-order valence-electron chi connectivity index (χ2n) is 3.68. The first-order chi connectivity index (χ1) is 9.42. The molecule has 0 unspecified atom stereocenters. The van der Waals surface area contributed by atoms with E-state index in [1.54, 1.807) is 18.6 Å². The number of hydrogen-bond acceptors (Lipinski definition) is 6. The molecule has 0 aliphatic carbocycles. The standard InChI is InChI=1S/C13H10N4OS/c1-3-11(17-16-8-13-15-5-6-19-13)4-2-10(1)12-7-14-9-18-12/h1-9,17H. The smallest absolute Gasteiger partial charge is 0.181 e. The van der Waals surface area contributed by atoms with Crippen molar-refractivity contribution in [2.45, 2.75) is 0 Å². The predicted molar refractivity (Wildman–Crippen MR) is 75.3 cm³/mol. The molecule has 0 amide bonds. The second-order valence-corrected chi connectivity index (χ2v) is 4.61. The van der Waals surface area contributed by atoms with Crippen molar-refractivity contribution >= 4 is 23.2 Å². The quantitative estimate of drug-likeness (QED) is 0.584. The van der Waals surface area contributed by atoms with E-state index in [1.807, 2.05) is 29.6 Å². The van der Waals surface area contributed by atoms with Crippen molar-refractivity contribution < 1.29 is 4.42 Å². The van der Waals surface area contributed by atoms with Gasteiger partial charge in [0.2, 0.25) is 0 Å². The fourth-order valence-electron chi connectivity index (χ4n) is 1.53. The molecule has 0 spiro atoms. The molecule has 0 aliphatic rings. The van der Waals surface area contributed by atoms with Gasteiger partial charge in [0.05, 0.1) is 18.1 Å². The molecule has 0 bridgehead atoms. The van der Waals surface area contributed by atoms with E-state index in [2.05, 4.69) is 20.5 Å². The third kappa shape index (κ3) is 2.86. The molecule has 0 radical (unpaired) electrons. The van der Waals surface area contributed by atoms with Crippen molar-refractivity contribution in [2.24, 2.45) is 5.10 Å². The molecule has 19 heavy (non-hydrogen) atoms. The first kappa shape index (κ1) is 11.6. The molecule has 1 N–H and O–H groups in total. The molecule has 0 saturated heterocycles. The van der Waals surface area contributed by atoms with E-state index < -0.39 is 0 Å². The van der Waals surface area contributed by atoms with Crippen LogP contribution >= 0.6 is 11.3 Å². The van der Waals surface area contributed by atoms with Gasteiger partial charge in [0, 0.05) is 17.1 Å². The Labute approximate surface area is 113 Å². The Morgan fingerprint density at radius 2 is 2.16 bits per heavy atom. The first-order valence-electron chi connectivity index (χ1n) is 5.59. The zero-order chi connectivity index (χ0) is 12.9. The van der Waals surface area contributed by atoms with Crippen molar-refractivity contribution in [3.63, 3.8) is 0 Å². The summed E-state index contributed by atoms with van der Waals surface area (Å²) in [4.78, 5) is 7.99. The van der Waals surface area contributed by atoms with Crippen LogP contribution in [0.3, 0.4) is 0 Å². The summed E-state index contributed by atoms with van der Waals surface area (Å²) in [6, 6.07) is 7.75. The minimum absolute atomic E-state index is 0.748. The zero-order valence-electron chi connectivity index (χ0n) is 9.85. The van der Waals surface area contributed by atoms with Crippen LogP contribution in [-0.2, 0) is 0 Å². The number of hydrazone groups is 1. The van der Waals surface area contributed by atoms with Crippen LogP contribution in [0.4, 0.5) is 5.69 Å². The minimum Gasteiger partial charge on any atom is -0.444 e. The Kier molecular flexibility index (Phi) is 3.33. The van der Waals surface area contributed by atoms with E-state index in [4.69, 9.17) is 4.42 Å². The topological polar surface area (TPSA) is 63.3 Å². The molecule has 5 nitrogen and oxygen atoms in total. The van der Waals surface area contributed by atoms with Crippen LogP contribution < -0.4 is 5.43 Å². The molecule has 0 aliphatic heterocycles. The van der Waals surface area contributed by atoms with Crippen molar-refractivity contribution in [2.75, 3.05) is 5.43 Å². The van der Waals surface area contributed by atoms with Gasteiger partial charge >= 0.3 is 0 Å². The van der Waals surface area contributed by atoms with Gasteiger partial charge in [0.1, 0.15) is 5.01 Å². The largest absolute Gasteiger partial charge is 0.444 e. The normalized spacial score (nSPS) is 10.9. The van der Waals surface area contributed by atoms with Gasteiger partial charge in [-0.1, -0.05) is 0 Å². The van der Waals surface area contributed by atoms with Gasteiger partial charge in [-0.25, -0.2) is 9.97 Å². The average molecular weight is 270 g/mol. The van der Waals surface area contributed by atoms with Crippen LogP contribution in [0.2, 0.25) is 0 Å². The molecular formula is C13H10N4OS. The van der Waals surface area contributed by atoms with Gasteiger partial charge in [0.25, 0.3) is 0 Å². The van der Waals surface area contributed by atoms with Gasteiger partial charge in [-0.05, 0) is 24.3 Å². The second kappa shape index (κ2) is 5.45. The van der Waals surface area contributed by atoms with E-state index in [0.717, 1.165) is 22.0 Å². The Morgan fingerprint density at radius 3 is 2.84 bits per heavy atom. The van der Waals surface area contributed by atoms with E-state index >= 15 is 0 Å². The van der Waals surface area contributed by atoms with Crippen LogP contribution in [0.1, 0.15) is 5.01 Å². The summed E-state index contributed by atoms with van der Waals surface area (Å²) in [5.41, 5.74) is 4.82. The average Bonchev–Trinajstić information content (AvgIpc) is 3.13. The third-order valence-corrected chi connectivity index (χ3v) is 3.13. The Hall–Kier alpha value is -2.47. The van der Waals surface area contributed by atoms with Gasteiger partial charge in [-0.3, -0.25) is 5.43 Å². The highest BCUT2D eigenvalue weighted by atomic mass is 32.1. The molecular weight excluding hydrogens is 260 g/mol. The summed E-state index contributed by atoms with van der Waals surface area (Å²) >= 11 is 1.54. The summed E-state index contributed by atoms with van der Waals surface area (Å²) in [6.45, 7) is 0. The molecule has 6 heteroatoms. The highest BCUT2D eigenvalue weighted by Crippen LogP contribution is 2.20. The summed E-state index contributed by atoms with van der Waals surface area (Å²) < 4.78 is 5.22. The molecule has 0 fully saturated rings. The van der Waals surface area contributed by atoms with Crippen molar-refractivity contribution in [3.05, 3.63) is 53.4 Å². The first-order valence-corrected chi connectivity index (χ1v) is 6.47. The lowest BCUT2D eigenvalue weighted by molar-refractivity contribution is 0.572. The van der Waals surface area contributed by atoms with Crippen LogP contribution in [0.15, 0.2) is 58.0 Å². The molecule has 3 aromatic rings. The van der Waals surface area contributed by atoms with Crippen molar-refractivity contribution in [1.82, 2.24) is 9.97 Å². The Bertz CT molecular complexity index is 645. The molecule has 0 saturated carbocycles. The molecule has 1 aromatic carbocycles. The van der Waals surface area contributed by atoms with Gasteiger partial charge < -0.3 is 4.42 Å².